The monoisotopic (exact) mass is 288 g/mol. The Bertz CT molecular complexity index is 563. The molecule has 114 valence electrons. The Morgan fingerprint density at radius 2 is 1.90 bits per heavy atom. The molecular weight excluding hydrogens is 264 g/mol. The molecule has 5 heteroatoms. The Hall–Kier alpha value is -2.17. The van der Waals surface area contributed by atoms with E-state index in [1.165, 1.54) is 0 Å². The largest absolute Gasteiger partial charge is 0.326 e. The summed E-state index contributed by atoms with van der Waals surface area (Å²) in [6.07, 6.45) is 0.596. The van der Waals surface area contributed by atoms with Gasteiger partial charge < -0.3 is 5.32 Å². The highest BCUT2D eigenvalue weighted by Gasteiger charge is 2.17. The topological polar surface area (TPSA) is 59.8 Å². The van der Waals surface area contributed by atoms with Crippen LogP contribution in [0.5, 0.6) is 0 Å². The summed E-state index contributed by atoms with van der Waals surface area (Å²) in [7, 11) is 1.85. The molecule has 0 fully saturated rings. The van der Waals surface area contributed by atoms with Crippen LogP contribution in [0.15, 0.2) is 30.3 Å². The lowest BCUT2D eigenvalue weighted by atomic mass is 10.0. The van der Waals surface area contributed by atoms with E-state index in [9.17, 15) is 4.79 Å². The van der Waals surface area contributed by atoms with Crippen molar-refractivity contribution in [1.29, 1.82) is 0 Å². The summed E-state index contributed by atoms with van der Waals surface area (Å²) < 4.78 is 1.72. The number of carbonyl (C=O) groups is 1. The van der Waals surface area contributed by atoms with Crippen molar-refractivity contribution in [3.8, 4) is 0 Å². The van der Waals surface area contributed by atoms with Gasteiger partial charge in [-0.15, -0.1) is 5.10 Å². The van der Waals surface area contributed by atoms with Crippen LogP contribution in [-0.4, -0.2) is 20.9 Å². The van der Waals surface area contributed by atoms with E-state index in [1.807, 2.05) is 65.1 Å². The first-order chi connectivity index (χ1) is 10.1. The number of rotatable bonds is 4. The molecule has 1 amide bonds. The lowest BCUT2D eigenvalue weighted by molar-refractivity contribution is -0.119. The van der Waals surface area contributed by atoms with E-state index in [0.29, 0.717) is 6.42 Å². The van der Waals surface area contributed by atoms with E-state index in [-0.39, 0.29) is 11.8 Å². The van der Waals surface area contributed by atoms with Crippen molar-refractivity contribution in [2.24, 2.45) is 13.0 Å². The van der Waals surface area contributed by atoms with Crippen molar-refractivity contribution in [3.05, 3.63) is 41.7 Å². The molecule has 1 atom stereocenters. The molecule has 21 heavy (non-hydrogen) atoms. The van der Waals surface area contributed by atoms with Gasteiger partial charge in [-0.3, -0.25) is 9.48 Å². The highest BCUT2D eigenvalue weighted by molar-refractivity contribution is 5.92. The van der Waals surface area contributed by atoms with Crippen LogP contribution < -0.4 is 5.32 Å². The minimum absolute atomic E-state index is 0.00347. The van der Waals surface area contributed by atoms with Crippen LogP contribution in [0.1, 0.15) is 32.2 Å². The van der Waals surface area contributed by atoms with E-state index in [2.05, 4.69) is 15.6 Å². The van der Waals surface area contributed by atoms with Crippen LogP contribution in [0.3, 0.4) is 0 Å². The molecule has 0 unspecified atom stereocenters. The molecule has 1 aromatic carbocycles. The van der Waals surface area contributed by atoms with Crippen molar-refractivity contribution < 1.29 is 4.79 Å². The summed E-state index contributed by atoms with van der Waals surface area (Å²) in [6.45, 7) is 7.85. The highest BCUT2D eigenvalue weighted by Crippen LogP contribution is 2.13. The lowest BCUT2D eigenvalue weighted by Gasteiger charge is -2.11. The second-order valence-corrected chi connectivity index (χ2v) is 4.71. The molecular formula is C16H24N4O. The molecule has 0 spiro atoms. The number of benzene rings is 1. The first-order valence-corrected chi connectivity index (χ1v) is 7.29. The molecule has 0 saturated carbocycles. The average molecular weight is 288 g/mol. The number of aromatic nitrogens is 3. The number of carbonyl (C=O) groups excluding carboxylic acids is 1. The maximum atomic E-state index is 12.1. The van der Waals surface area contributed by atoms with Crippen molar-refractivity contribution >= 4 is 11.6 Å². The van der Waals surface area contributed by atoms with Crippen LogP contribution in [0, 0.1) is 12.8 Å². The van der Waals surface area contributed by atoms with Gasteiger partial charge in [-0.2, -0.15) is 0 Å². The molecule has 0 aliphatic carbocycles. The second kappa shape index (κ2) is 8.19. The SMILES string of the molecule is CC.Cc1c(C[C@@H](C)C(=O)Nc2ccccc2)nnn1C. The predicted molar refractivity (Wildman–Crippen MR) is 85.0 cm³/mol. The van der Waals surface area contributed by atoms with Crippen LogP contribution in [-0.2, 0) is 18.3 Å². The fourth-order valence-corrected chi connectivity index (χ4v) is 1.81. The fraction of sp³-hybridized carbons (Fsp3) is 0.438. The van der Waals surface area contributed by atoms with Gasteiger partial charge in [0.05, 0.1) is 11.4 Å². The van der Waals surface area contributed by atoms with Gasteiger partial charge in [-0.1, -0.05) is 44.2 Å². The molecule has 0 aliphatic rings. The van der Waals surface area contributed by atoms with Crippen LogP contribution in [0.2, 0.25) is 0 Å². The zero-order valence-corrected chi connectivity index (χ0v) is 13.4. The van der Waals surface area contributed by atoms with Gasteiger partial charge in [-0.05, 0) is 19.1 Å². The Labute approximate surface area is 126 Å². The third kappa shape index (κ3) is 4.70. The van der Waals surface area contributed by atoms with Crippen molar-refractivity contribution in [1.82, 2.24) is 15.0 Å². The maximum absolute atomic E-state index is 12.1. The number of amides is 1. The van der Waals surface area contributed by atoms with E-state index < -0.39 is 0 Å². The maximum Gasteiger partial charge on any atom is 0.227 e. The Morgan fingerprint density at radius 1 is 1.29 bits per heavy atom. The number of hydrogen-bond donors (Lipinski definition) is 1. The summed E-state index contributed by atoms with van der Waals surface area (Å²) in [5, 5.41) is 10.9. The summed E-state index contributed by atoms with van der Waals surface area (Å²) in [4.78, 5) is 12.1. The Balaban J connectivity index is 0.00000106. The summed E-state index contributed by atoms with van der Waals surface area (Å²) in [5.41, 5.74) is 2.69. The molecule has 5 nitrogen and oxygen atoms in total. The van der Waals surface area contributed by atoms with Crippen LogP contribution in [0.4, 0.5) is 5.69 Å². The number of aryl methyl sites for hydroxylation is 1. The first-order valence-electron chi connectivity index (χ1n) is 7.29. The summed E-state index contributed by atoms with van der Waals surface area (Å²) in [5.74, 6) is -0.146. The number of nitrogens with zero attached hydrogens (tertiary/aromatic N) is 3. The zero-order chi connectivity index (χ0) is 15.8. The number of hydrogen-bond acceptors (Lipinski definition) is 3. The van der Waals surface area contributed by atoms with Gasteiger partial charge >= 0.3 is 0 Å². The standard InChI is InChI=1S/C14H18N4O.C2H6/c1-10(9-13-11(2)18(3)17-16-13)14(19)15-12-7-5-4-6-8-12;1-2/h4-8,10H,9H2,1-3H3,(H,15,19);1-2H3/t10-;/m1./s1. The number of anilines is 1. The van der Waals surface area contributed by atoms with E-state index in [4.69, 9.17) is 0 Å². The third-order valence-electron chi connectivity index (χ3n) is 3.19. The highest BCUT2D eigenvalue weighted by atomic mass is 16.1. The number of nitrogens with one attached hydrogen (secondary N) is 1. The van der Waals surface area contributed by atoms with E-state index in [1.54, 1.807) is 4.68 Å². The molecule has 1 heterocycles. The van der Waals surface area contributed by atoms with Gasteiger partial charge in [0.15, 0.2) is 0 Å². The fourth-order valence-electron chi connectivity index (χ4n) is 1.81. The average Bonchev–Trinajstić information content (AvgIpc) is 2.82. The van der Waals surface area contributed by atoms with Gasteiger partial charge in [0.2, 0.25) is 5.91 Å². The Morgan fingerprint density at radius 3 is 2.43 bits per heavy atom. The lowest BCUT2D eigenvalue weighted by Crippen LogP contribution is -2.22. The molecule has 0 radical (unpaired) electrons. The van der Waals surface area contributed by atoms with Crippen molar-refractivity contribution in [3.63, 3.8) is 0 Å². The third-order valence-corrected chi connectivity index (χ3v) is 3.19. The minimum atomic E-state index is -0.143. The molecule has 0 aliphatic heterocycles. The normalized spacial score (nSPS) is 11.3. The molecule has 2 rings (SSSR count). The van der Waals surface area contributed by atoms with Gasteiger partial charge in [0.25, 0.3) is 0 Å². The predicted octanol–water partition coefficient (Wildman–Crippen LogP) is 2.97. The molecule has 0 bridgehead atoms. The van der Waals surface area contributed by atoms with Gasteiger partial charge in [0, 0.05) is 25.1 Å². The van der Waals surface area contributed by atoms with Crippen molar-refractivity contribution in [2.45, 2.75) is 34.1 Å². The van der Waals surface area contributed by atoms with Gasteiger partial charge in [0.1, 0.15) is 0 Å². The molecule has 1 aromatic heterocycles. The van der Waals surface area contributed by atoms with Crippen LogP contribution >= 0.6 is 0 Å². The Kier molecular flexibility index (Phi) is 6.59. The molecule has 1 N–H and O–H groups in total. The minimum Gasteiger partial charge on any atom is -0.326 e. The van der Waals surface area contributed by atoms with Crippen molar-refractivity contribution in [2.75, 3.05) is 5.32 Å². The smallest absolute Gasteiger partial charge is 0.227 e. The number of para-hydroxylation sites is 1. The van der Waals surface area contributed by atoms with Crippen LogP contribution in [0.25, 0.3) is 0 Å². The summed E-state index contributed by atoms with van der Waals surface area (Å²) in [6, 6.07) is 9.46. The second-order valence-electron chi connectivity index (χ2n) is 4.71. The van der Waals surface area contributed by atoms with E-state index in [0.717, 1.165) is 17.1 Å². The first kappa shape index (κ1) is 16.9. The molecule has 0 saturated heterocycles. The quantitative estimate of drug-likeness (QED) is 0.941. The molecule has 2 aromatic rings. The van der Waals surface area contributed by atoms with E-state index >= 15 is 0 Å². The summed E-state index contributed by atoms with van der Waals surface area (Å²) >= 11 is 0. The van der Waals surface area contributed by atoms with Gasteiger partial charge in [-0.25, -0.2) is 0 Å². The zero-order valence-electron chi connectivity index (χ0n) is 13.4.